The van der Waals surface area contributed by atoms with Crippen LogP contribution >= 0.6 is 0 Å². The maximum Gasteiger partial charge on any atom is 0.317 e. The molecule has 3 aliphatic rings. The smallest absolute Gasteiger partial charge is 0.317 e. The molecular weight excluding hydrogens is 557 g/mol. The monoisotopic (exact) mass is 594 g/mol. The summed E-state index contributed by atoms with van der Waals surface area (Å²) in [6.07, 6.45) is 2.84. The maximum atomic E-state index is 12.5. The molecule has 1 amide bonds. The number of nitrogens with zero attached hydrogens (tertiary/aromatic N) is 7. The Bertz CT molecular complexity index is 1540. The highest BCUT2D eigenvalue weighted by Gasteiger charge is 2.34. The molecular formula is C32H37AlN7O3. The van der Waals surface area contributed by atoms with Crippen LogP contribution < -0.4 is 14.5 Å². The number of amides is 1. The molecule has 1 radical (unpaired) electrons. The van der Waals surface area contributed by atoms with E-state index >= 15 is 0 Å². The van der Waals surface area contributed by atoms with Gasteiger partial charge in [0.25, 0.3) is 15.2 Å². The van der Waals surface area contributed by atoms with Crippen molar-refractivity contribution in [2.45, 2.75) is 42.9 Å². The topological polar surface area (TPSA) is 109 Å². The first-order valence-electron chi connectivity index (χ1n) is 15.0. The molecule has 2 aromatic carbocycles. The average molecular weight is 595 g/mol. The van der Waals surface area contributed by atoms with Crippen molar-refractivity contribution in [2.24, 2.45) is 0 Å². The number of hydrogen-bond acceptors (Lipinski definition) is 9. The molecule has 3 aliphatic heterocycles. The Balaban J connectivity index is 1.29. The highest BCUT2D eigenvalue weighted by Crippen LogP contribution is 2.35. The summed E-state index contributed by atoms with van der Waals surface area (Å²) in [6, 6.07) is 17.2. The van der Waals surface area contributed by atoms with Crippen LogP contribution in [0, 0.1) is 11.3 Å². The number of carbonyl (C=O) groups excluding carboxylic acids is 1. The number of piperazine rings is 1. The number of fused-ring (bicyclic) bond motifs is 2. The molecule has 1 aromatic heterocycles. The number of hydrogen-bond donors (Lipinski definition) is 1. The van der Waals surface area contributed by atoms with Crippen LogP contribution in [-0.4, -0.2) is 108 Å². The van der Waals surface area contributed by atoms with Crippen molar-refractivity contribution in [3.05, 3.63) is 66.4 Å². The summed E-state index contributed by atoms with van der Waals surface area (Å²) in [5.74, 6) is 0.693. The van der Waals surface area contributed by atoms with Crippen LogP contribution in [-0.2, 0) is 17.8 Å². The molecule has 0 unspecified atom stereocenters. The highest BCUT2D eigenvalue weighted by molar-refractivity contribution is 6.37. The van der Waals surface area contributed by atoms with Crippen molar-refractivity contribution in [3.63, 3.8) is 0 Å². The van der Waals surface area contributed by atoms with Crippen LogP contribution in [0.1, 0.15) is 24.1 Å². The fraction of sp³-hybridized carbons (Fsp3) is 0.438. The predicted molar refractivity (Wildman–Crippen MR) is 167 cm³/mol. The number of likely N-dealkylation sites (N-methyl/N-ethyl adjacent to an activating group) is 1. The maximum absolute atomic E-state index is 12.5. The van der Waals surface area contributed by atoms with Crippen molar-refractivity contribution < 1.29 is 14.6 Å². The predicted octanol–water partition coefficient (Wildman–Crippen LogP) is 2.37. The lowest BCUT2D eigenvalue weighted by Crippen LogP contribution is -2.55. The number of ether oxygens (including phenoxy) is 1. The Morgan fingerprint density at radius 1 is 1.16 bits per heavy atom. The summed E-state index contributed by atoms with van der Waals surface area (Å²) in [5.41, 5.74) is 3.77. The van der Waals surface area contributed by atoms with E-state index in [0.717, 1.165) is 36.5 Å². The van der Waals surface area contributed by atoms with E-state index in [2.05, 4.69) is 76.9 Å². The minimum absolute atomic E-state index is 0.0798. The van der Waals surface area contributed by atoms with E-state index in [1.807, 2.05) is 0 Å². The fourth-order valence-electron chi connectivity index (χ4n) is 6.65. The van der Waals surface area contributed by atoms with Crippen molar-refractivity contribution in [1.82, 2.24) is 19.8 Å². The van der Waals surface area contributed by atoms with E-state index < -0.39 is 0 Å². The molecule has 2 saturated heterocycles. The van der Waals surface area contributed by atoms with E-state index in [-0.39, 0.29) is 39.7 Å². The van der Waals surface area contributed by atoms with Crippen molar-refractivity contribution in [3.8, 4) is 12.1 Å². The normalized spacial score (nSPS) is 22.3. The number of carbonyl (C=O) groups is 1. The second kappa shape index (κ2) is 12.9. The standard InChI is InChI=1S/C27H27N6O2.C5H10NO.Al/c1-3-25(34)33-16-15-32(17-20(33)11-13-28)26-22-12-14-31(18-23(22)29-27(30-26)35-2)24-10-6-8-19-7-4-5-9-21(19)24;1-6-3-2-5(7)4-6;/h3-10,20H,1-2,11-12,14-18H2;3,5,7H,2,4H2,1H3;/t20-;5-;/m00./s1. The number of nitriles is 1. The lowest BCUT2D eigenvalue weighted by molar-refractivity contribution is -0.128. The summed E-state index contributed by atoms with van der Waals surface area (Å²) in [4.78, 5) is 31.3. The zero-order valence-electron chi connectivity index (χ0n) is 24.6. The molecule has 11 heteroatoms. The molecule has 1 N–H and O–H groups in total. The fourth-order valence-corrected chi connectivity index (χ4v) is 8.11. The third-order valence-electron chi connectivity index (χ3n) is 8.86. The number of aromatic nitrogens is 2. The molecule has 6 rings (SSSR count). The molecule has 43 heavy (non-hydrogen) atoms. The number of β-amino-alcohol motifs (C(OH)–C–C–N with tert-alkyl or cyclic N) is 1. The molecule has 4 heterocycles. The number of likely N-dealkylation sites (tertiary alicyclic amines) is 1. The van der Waals surface area contributed by atoms with Gasteiger partial charge in [-0.05, 0) is 42.3 Å². The van der Waals surface area contributed by atoms with Crippen molar-refractivity contribution in [2.75, 3.05) is 55.0 Å². The molecule has 10 nitrogen and oxygen atoms in total. The first kappa shape index (κ1) is 29.4. The Labute approximate surface area is 258 Å². The third kappa shape index (κ3) is 6.20. The highest BCUT2D eigenvalue weighted by atomic mass is 27.1. The van der Waals surface area contributed by atoms with Gasteiger partial charge in [-0.15, -0.1) is 0 Å². The molecule has 0 bridgehead atoms. The van der Waals surface area contributed by atoms with Gasteiger partial charge in [0.2, 0.25) is 5.91 Å². The van der Waals surface area contributed by atoms with E-state index in [9.17, 15) is 15.2 Å². The average Bonchev–Trinajstić information content (AvgIpc) is 3.35. The summed E-state index contributed by atoms with van der Waals surface area (Å²) in [7, 11) is 2.05. The van der Waals surface area contributed by atoms with Crippen LogP contribution in [0.3, 0.4) is 0 Å². The number of anilines is 2. The first-order valence-corrected chi connectivity index (χ1v) is 16.4. The summed E-state index contributed by atoms with van der Waals surface area (Å²) < 4.78 is 6.24. The summed E-state index contributed by atoms with van der Waals surface area (Å²) >= 11 is -0.0798. The second-order valence-electron chi connectivity index (χ2n) is 11.6. The minimum atomic E-state index is -0.276. The molecule has 0 aliphatic carbocycles. The second-order valence-corrected chi connectivity index (χ2v) is 13.1. The van der Waals surface area contributed by atoms with Gasteiger partial charge in [0.1, 0.15) is 5.82 Å². The van der Waals surface area contributed by atoms with Crippen LogP contribution in [0.25, 0.3) is 10.8 Å². The van der Waals surface area contributed by atoms with Crippen LogP contribution in [0.5, 0.6) is 6.01 Å². The summed E-state index contributed by atoms with van der Waals surface area (Å²) in [6.45, 7) is 7.42. The quantitative estimate of drug-likeness (QED) is 0.311. The summed E-state index contributed by atoms with van der Waals surface area (Å²) in [5, 5.41) is 22.0. The van der Waals surface area contributed by atoms with Gasteiger partial charge in [0.05, 0.1) is 36.9 Å². The molecule has 3 aromatic rings. The van der Waals surface area contributed by atoms with E-state index in [1.165, 1.54) is 22.5 Å². The van der Waals surface area contributed by atoms with Crippen molar-refractivity contribution in [1.29, 1.82) is 5.26 Å². The van der Waals surface area contributed by atoms with E-state index in [4.69, 9.17) is 14.7 Å². The number of aliphatic hydroxyl groups excluding tert-OH is 1. The largest absolute Gasteiger partial charge is 0.481 e. The SMILES string of the molecule is C=CC(=O)N1CCN(c2nc(O[CH2][Al][C@H]3C[C@H](O)CN3C)nc3c2CCN(c2cccc4ccccc24)C3)C[C@@H]1CC#N. The Morgan fingerprint density at radius 2 is 2.00 bits per heavy atom. The molecule has 0 saturated carbocycles. The van der Waals surface area contributed by atoms with E-state index in [1.54, 1.807) is 4.90 Å². The number of benzene rings is 2. The van der Waals surface area contributed by atoms with E-state index in [0.29, 0.717) is 49.1 Å². The Kier molecular flexibility index (Phi) is 8.83. The number of aliphatic hydroxyl groups is 1. The van der Waals surface area contributed by atoms with Gasteiger partial charge in [0, 0.05) is 54.8 Å². The first-order chi connectivity index (χ1) is 20.9. The molecule has 2 fully saturated rings. The zero-order chi connectivity index (χ0) is 29.9. The third-order valence-corrected chi connectivity index (χ3v) is 10.5. The van der Waals surface area contributed by atoms with Gasteiger partial charge in [-0.3, -0.25) is 4.79 Å². The number of rotatable bonds is 8. The van der Waals surface area contributed by atoms with Gasteiger partial charge in [-0.25, -0.2) is 0 Å². The molecule has 3 atom stereocenters. The van der Waals surface area contributed by atoms with Gasteiger partial charge in [-0.1, -0.05) is 43.0 Å². The lowest BCUT2D eigenvalue weighted by atomic mass is 10.0. The van der Waals surface area contributed by atoms with Gasteiger partial charge < -0.3 is 29.4 Å². The Hall–Kier alpha value is -3.67. The van der Waals surface area contributed by atoms with Crippen molar-refractivity contribution >= 4 is 43.4 Å². The Morgan fingerprint density at radius 3 is 2.79 bits per heavy atom. The van der Waals surface area contributed by atoms with Gasteiger partial charge in [-0.2, -0.15) is 15.2 Å². The molecule has 221 valence electrons. The van der Waals surface area contributed by atoms with Crippen LogP contribution in [0.15, 0.2) is 55.1 Å². The molecule has 0 spiro atoms. The van der Waals surface area contributed by atoms with Crippen LogP contribution in [0.4, 0.5) is 11.5 Å². The zero-order valence-corrected chi connectivity index (χ0v) is 25.8. The minimum Gasteiger partial charge on any atom is -0.481 e. The van der Waals surface area contributed by atoms with Gasteiger partial charge in [0.15, 0.2) is 0 Å². The van der Waals surface area contributed by atoms with Crippen LogP contribution in [0.2, 0.25) is 0 Å². The lowest BCUT2D eigenvalue weighted by Gasteiger charge is -2.42. The van der Waals surface area contributed by atoms with Gasteiger partial charge >= 0.3 is 6.01 Å².